The molecule has 0 bridgehead atoms. The maximum atomic E-state index is 11.9. The number of nitrogens with one attached hydrogen (secondary N) is 1. The van der Waals surface area contributed by atoms with Gasteiger partial charge >= 0.3 is 0 Å². The van der Waals surface area contributed by atoms with Crippen LogP contribution in [-0.2, 0) is 0 Å². The number of hydrogen-bond donors (Lipinski definition) is 1. The van der Waals surface area contributed by atoms with Crippen molar-refractivity contribution in [2.75, 3.05) is 13.1 Å². The fraction of sp³-hybridized carbons (Fsp3) is 0.545. The summed E-state index contributed by atoms with van der Waals surface area (Å²) in [5.41, 5.74) is 8.65. The molecule has 1 rings (SSSR count). The summed E-state index contributed by atoms with van der Waals surface area (Å²) in [6.07, 6.45) is 2.35. The third-order valence-corrected chi connectivity index (χ3v) is 2.59. The fourth-order valence-corrected chi connectivity index (χ4v) is 1.75. The van der Waals surface area contributed by atoms with Crippen LogP contribution in [-0.4, -0.2) is 23.6 Å². The van der Waals surface area contributed by atoms with Crippen molar-refractivity contribution < 1.29 is 4.79 Å². The van der Waals surface area contributed by atoms with E-state index in [1.807, 2.05) is 18.4 Å². The van der Waals surface area contributed by atoms with Crippen LogP contribution in [0.25, 0.3) is 10.4 Å². The fourth-order valence-electron chi connectivity index (χ4n) is 1.54. The van der Waals surface area contributed by atoms with Gasteiger partial charge in [-0.3, -0.25) is 4.79 Å². The minimum absolute atomic E-state index is 0.168. The highest BCUT2D eigenvalue weighted by Crippen LogP contribution is 2.18. The van der Waals surface area contributed by atoms with Gasteiger partial charge in [-0.1, -0.05) is 16.7 Å². The van der Waals surface area contributed by atoms with E-state index in [1.54, 1.807) is 12.3 Å². The van der Waals surface area contributed by atoms with Crippen LogP contribution < -0.4 is 5.32 Å². The van der Waals surface area contributed by atoms with Crippen LogP contribution in [0.2, 0.25) is 5.02 Å². The Hall–Kier alpha value is -1.65. The normalized spacial score (nSPS) is 10.2. The van der Waals surface area contributed by atoms with Gasteiger partial charge in [0, 0.05) is 30.2 Å². The van der Waals surface area contributed by atoms with E-state index in [4.69, 9.17) is 17.1 Å². The molecule has 0 aromatic carbocycles. The third kappa shape index (κ3) is 3.98. The van der Waals surface area contributed by atoms with E-state index in [0.717, 1.165) is 0 Å². The van der Waals surface area contributed by atoms with Crippen molar-refractivity contribution in [2.24, 2.45) is 5.11 Å². The van der Waals surface area contributed by atoms with E-state index >= 15 is 0 Å². The van der Waals surface area contributed by atoms with Crippen molar-refractivity contribution in [1.29, 1.82) is 0 Å². The molecule has 7 heteroatoms. The van der Waals surface area contributed by atoms with Gasteiger partial charge in [0.2, 0.25) is 0 Å². The number of hydrogen-bond acceptors (Lipinski definition) is 2. The van der Waals surface area contributed by atoms with Crippen molar-refractivity contribution in [3.05, 3.63) is 33.4 Å². The second kappa shape index (κ2) is 6.93. The Labute approximate surface area is 111 Å². The number of azide groups is 1. The zero-order valence-electron chi connectivity index (χ0n) is 10.4. The molecule has 1 N–H and O–H groups in total. The summed E-state index contributed by atoms with van der Waals surface area (Å²) >= 11 is 5.90. The summed E-state index contributed by atoms with van der Waals surface area (Å²) in [6, 6.07) is 1.81. The first kappa shape index (κ1) is 14.4. The molecular formula is C11H16ClN5O. The number of carbonyl (C=O) groups excluding carboxylic acids is 1. The van der Waals surface area contributed by atoms with Gasteiger partial charge in [0.15, 0.2) is 0 Å². The van der Waals surface area contributed by atoms with Crippen LogP contribution in [0.3, 0.4) is 0 Å². The van der Waals surface area contributed by atoms with Crippen LogP contribution in [0.5, 0.6) is 0 Å². The Morgan fingerprint density at radius 1 is 1.67 bits per heavy atom. The first-order chi connectivity index (χ1) is 8.56. The van der Waals surface area contributed by atoms with Crippen molar-refractivity contribution in [1.82, 2.24) is 9.88 Å². The smallest absolute Gasteiger partial charge is 0.267 e. The average molecular weight is 270 g/mol. The lowest BCUT2D eigenvalue weighted by atomic mass is 10.3. The lowest BCUT2D eigenvalue weighted by molar-refractivity contribution is 0.0942. The van der Waals surface area contributed by atoms with Crippen molar-refractivity contribution >= 4 is 17.5 Å². The van der Waals surface area contributed by atoms with E-state index in [2.05, 4.69) is 15.3 Å². The topological polar surface area (TPSA) is 82.8 Å². The Morgan fingerprint density at radius 3 is 3.00 bits per heavy atom. The highest BCUT2D eigenvalue weighted by Gasteiger charge is 2.14. The number of amides is 1. The Morgan fingerprint density at radius 2 is 2.39 bits per heavy atom. The van der Waals surface area contributed by atoms with Crippen LogP contribution in [0.15, 0.2) is 17.4 Å². The summed E-state index contributed by atoms with van der Waals surface area (Å²) in [6.45, 7) is 4.81. The minimum Gasteiger partial charge on any atom is -0.351 e. The molecule has 0 fully saturated rings. The Balaban J connectivity index is 2.58. The average Bonchev–Trinajstić information content (AvgIpc) is 2.71. The third-order valence-electron chi connectivity index (χ3n) is 2.39. The van der Waals surface area contributed by atoms with Crippen molar-refractivity contribution in [3.63, 3.8) is 0 Å². The molecule has 18 heavy (non-hydrogen) atoms. The van der Waals surface area contributed by atoms with Crippen LogP contribution in [0, 0.1) is 0 Å². The largest absolute Gasteiger partial charge is 0.351 e. The number of aromatic nitrogens is 1. The number of carbonyl (C=O) groups is 1. The van der Waals surface area contributed by atoms with Crippen molar-refractivity contribution in [3.8, 4) is 0 Å². The van der Waals surface area contributed by atoms with E-state index in [0.29, 0.717) is 30.2 Å². The van der Waals surface area contributed by atoms with Crippen LogP contribution >= 0.6 is 11.6 Å². The predicted octanol–water partition coefficient (Wildman–Crippen LogP) is 3.15. The zero-order valence-corrected chi connectivity index (χ0v) is 11.2. The van der Waals surface area contributed by atoms with Gasteiger partial charge in [-0.15, -0.1) is 0 Å². The maximum Gasteiger partial charge on any atom is 0.267 e. The van der Waals surface area contributed by atoms with Gasteiger partial charge in [-0.25, -0.2) is 0 Å². The van der Waals surface area contributed by atoms with Gasteiger partial charge < -0.3 is 9.88 Å². The van der Waals surface area contributed by atoms with Gasteiger partial charge in [-0.05, 0) is 31.9 Å². The maximum absolute atomic E-state index is 11.9. The highest BCUT2D eigenvalue weighted by atomic mass is 35.5. The van der Waals surface area contributed by atoms with Gasteiger partial charge in [0.25, 0.3) is 5.91 Å². The Bertz CT molecular complexity index is 462. The summed E-state index contributed by atoms with van der Waals surface area (Å²) in [5.74, 6) is -0.170. The van der Waals surface area contributed by atoms with Crippen LogP contribution in [0.4, 0.5) is 0 Å². The van der Waals surface area contributed by atoms with E-state index < -0.39 is 0 Å². The molecule has 0 atom stereocenters. The lowest BCUT2D eigenvalue weighted by Gasteiger charge is -2.12. The lowest BCUT2D eigenvalue weighted by Crippen LogP contribution is -2.27. The first-order valence-corrected chi connectivity index (χ1v) is 6.10. The molecule has 0 spiro atoms. The predicted molar refractivity (Wildman–Crippen MR) is 70.8 cm³/mol. The number of nitrogens with zero attached hydrogens (tertiary/aromatic N) is 4. The van der Waals surface area contributed by atoms with E-state index in [1.165, 1.54) is 0 Å². The molecule has 6 nitrogen and oxygen atoms in total. The summed E-state index contributed by atoms with van der Waals surface area (Å²) < 4.78 is 1.82. The van der Waals surface area contributed by atoms with Gasteiger partial charge in [-0.2, -0.15) is 0 Å². The zero-order chi connectivity index (χ0) is 13.5. The van der Waals surface area contributed by atoms with Gasteiger partial charge in [0.1, 0.15) is 5.69 Å². The van der Waals surface area contributed by atoms with Gasteiger partial charge in [0.05, 0.1) is 5.02 Å². The minimum atomic E-state index is -0.170. The number of rotatable bonds is 6. The molecule has 0 saturated heterocycles. The quantitative estimate of drug-likeness (QED) is 0.366. The Kier molecular flexibility index (Phi) is 5.55. The molecule has 1 heterocycles. The summed E-state index contributed by atoms with van der Waals surface area (Å²) in [5, 5.41) is 6.70. The van der Waals surface area contributed by atoms with Crippen molar-refractivity contribution in [2.45, 2.75) is 26.3 Å². The molecule has 0 aliphatic heterocycles. The standard InChI is InChI=1S/C11H16ClN5O/c1-8(2)17-7-9(12)6-10(17)11(18)14-4-3-5-15-16-13/h6-8H,3-5H2,1-2H3,(H,14,18). The van der Waals surface area contributed by atoms with Crippen LogP contribution in [0.1, 0.15) is 36.8 Å². The SMILES string of the molecule is CC(C)n1cc(Cl)cc1C(=O)NCCCN=[N+]=[N-]. The summed E-state index contributed by atoms with van der Waals surface area (Å²) in [7, 11) is 0. The molecule has 0 radical (unpaired) electrons. The highest BCUT2D eigenvalue weighted by molar-refractivity contribution is 6.31. The molecule has 0 unspecified atom stereocenters. The second-order valence-electron chi connectivity index (χ2n) is 4.11. The molecule has 1 amide bonds. The second-order valence-corrected chi connectivity index (χ2v) is 4.54. The molecule has 1 aromatic rings. The first-order valence-electron chi connectivity index (χ1n) is 5.72. The molecule has 98 valence electrons. The van der Waals surface area contributed by atoms with E-state index in [-0.39, 0.29) is 11.9 Å². The molecule has 0 aliphatic carbocycles. The molecule has 0 aliphatic rings. The molecule has 1 aromatic heterocycles. The van der Waals surface area contributed by atoms with E-state index in [9.17, 15) is 4.79 Å². The molecule has 0 saturated carbocycles. The number of halogens is 1. The monoisotopic (exact) mass is 269 g/mol. The molecular weight excluding hydrogens is 254 g/mol. The summed E-state index contributed by atoms with van der Waals surface area (Å²) in [4.78, 5) is 14.6.